The van der Waals surface area contributed by atoms with Crippen LogP contribution in [0.15, 0.2) is 48.5 Å². The predicted molar refractivity (Wildman–Crippen MR) is 114 cm³/mol. The molecule has 0 heterocycles. The molecule has 2 rings (SSSR count). The van der Waals surface area contributed by atoms with E-state index in [1.54, 1.807) is 30.3 Å². The molecule has 0 aromatic heterocycles. The number of nitrogens with one attached hydrogen (secondary N) is 2. The third-order valence-electron chi connectivity index (χ3n) is 4.18. The van der Waals surface area contributed by atoms with Crippen LogP contribution < -0.4 is 20.3 Å². The molecule has 2 N–H and O–H groups in total. The van der Waals surface area contributed by atoms with E-state index in [-0.39, 0.29) is 43.5 Å². The standard InChI is InChI=1S/C22H24N4O4/c1-16(27)24-19-10-9-17(15-20(19)30-2)25-21(28)11-12-22(29)26(14-6-13-23)18-7-4-3-5-8-18/h3-5,7-10,15H,6,11-12,14H2,1-2H3,(H,24,27)(H,25,28). The molecule has 0 radical (unpaired) electrons. The number of anilines is 3. The van der Waals surface area contributed by atoms with E-state index < -0.39 is 0 Å². The second kappa shape index (κ2) is 11.2. The van der Waals surface area contributed by atoms with Gasteiger partial charge in [-0.25, -0.2) is 0 Å². The molecule has 8 heteroatoms. The van der Waals surface area contributed by atoms with Gasteiger partial charge in [-0.3, -0.25) is 14.4 Å². The molecule has 0 unspecified atom stereocenters. The summed E-state index contributed by atoms with van der Waals surface area (Å²) in [4.78, 5) is 37.7. The third-order valence-corrected chi connectivity index (χ3v) is 4.18. The number of nitriles is 1. The highest BCUT2D eigenvalue weighted by atomic mass is 16.5. The summed E-state index contributed by atoms with van der Waals surface area (Å²) < 4.78 is 5.23. The lowest BCUT2D eigenvalue weighted by Crippen LogP contribution is -2.32. The number of amides is 3. The van der Waals surface area contributed by atoms with Crippen molar-refractivity contribution < 1.29 is 19.1 Å². The summed E-state index contributed by atoms with van der Waals surface area (Å²) in [6, 6.07) is 15.9. The molecule has 156 valence electrons. The Balaban J connectivity index is 1.98. The highest BCUT2D eigenvalue weighted by Crippen LogP contribution is 2.28. The van der Waals surface area contributed by atoms with Crippen LogP contribution in [0, 0.1) is 11.3 Å². The van der Waals surface area contributed by atoms with Gasteiger partial charge in [0.25, 0.3) is 0 Å². The summed E-state index contributed by atoms with van der Waals surface area (Å²) in [5, 5.41) is 14.2. The van der Waals surface area contributed by atoms with E-state index in [2.05, 4.69) is 10.6 Å². The fourth-order valence-electron chi connectivity index (χ4n) is 2.81. The average molecular weight is 408 g/mol. The SMILES string of the molecule is COc1cc(NC(=O)CCC(=O)N(CCC#N)c2ccccc2)ccc1NC(C)=O. The van der Waals surface area contributed by atoms with Gasteiger partial charge >= 0.3 is 0 Å². The average Bonchev–Trinajstić information content (AvgIpc) is 2.74. The number of hydrogen-bond acceptors (Lipinski definition) is 5. The van der Waals surface area contributed by atoms with E-state index in [1.165, 1.54) is 18.9 Å². The van der Waals surface area contributed by atoms with E-state index in [4.69, 9.17) is 10.00 Å². The molecule has 0 fully saturated rings. The molecule has 0 atom stereocenters. The summed E-state index contributed by atoms with van der Waals surface area (Å²) in [6.07, 6.45) is 0.199. The number of carbonyl (C=O) groups is 3. The van der Waals surface area contributed by atoms with Crippen molar-refractivity contribution in [2.24, 2.45) is 0 Å². The first-order valence-corrected chi connectivity index (χ1v) is 9.42. The second-order valence-electron chi connectivity index (χ2n) is 6.43. The lowest BCUT2D eigenvalue weighted by atomic mass is 10.2. The van der Waals surface area contributed by atoms with E-state index in [1.807, 2.05) is 24.3 Å². The summed E-state index contributed by atoms with van der Waals surface area (Å²) in [5.74, 6) is -0.384. The number of ether oxygens (including phenoxy) is 1. The Hall–Kier alpha value is -3.86. The normalized spacial score (nSPS) is 9.90. The van der Waals surface area contributed by atoms with Crippen LogP contribution in [0.2, 0.25) is 0 Å². The van der Waals surface area contributed by atoms with E-state index in [9.17, 15) is 14.4 Å². The van der Waals surface area contributed by atoms with E-state index >= 15 is 0 Å². The fourth-order valence-corrected chi connectivity index (χ4v) is 2.81. The van der Waals surface area contributed by atoms with Crippen molar-refractivity contribution in [3.8, 4) is 11.8 Å². The van der Waals surface area contributed by atoms with Crippen molar-refractivity contribution >= 4 is 34.8 Å². The number of carbonyl (C=O) groups excluding carboxylic acids is 3. The van der Waals surface area contributed by atoms with Gasteiger partial charge in [0, 0.05) is 43.8 Å². The highest BCUT2D eigenvalue weighted by molar-refractivity contribution is 5.98. The van der Waals surface area contributed by atoms with Gasteiger partial charge in [-0.15, -0.1) is 0 Å². The lowest BCUT2D eigenvalue weighted by Gasteiger charge is -2.21. The van der Waals surface area contributed by atoms with Crippen molar-refractivity contribution in [1.29, 1.82) is 5.26 Å². The van der Waals surface area contributed by atoms with Crippen LogP contribution >= 0.6 is 0 Å². The molecule has 30 heavy (non-hydrogen) atoms. The Bertz CT molecular complexity index is 938. The van der Waals surface area contributed by atoms with Crippen molar-refractivity contribution in [2.75, 3.05) is 29.2 Å². The second-order valence-corrected chi connectivity index (χ2v) is 6.43. The van der Waals surface area contributed by atoms with Gasteiger partial charge in [-0.1, -0.05) is 18.2 Å². The Morgan fingerprint density at radius 3 is 2.43 bits per heavy atom. The minimum Gasteiger partial charge on any atom is -0.494 e. The summed E-state index contributed by atoms with van der Waals surface area (Å²) >= 11 is 0. The number of nitrogens with zero attached hydrogens (tertiary/aromatic N) is 2. The monoisotopic (exact) mass is 408 g/mol. The van der Waals surface area contributed by atoms with E-state index in [0.29, 0.717) is 22.8 Å². The van der Waals surface area contributed by atoms with Gasteiger partial charge in [0.1, 0.15) is 5.75 Å². The molecule has 0 aliphatic heterocycles. The number of hydrogen-bond donors (Lipinski definition) is 2. The van der Waals surface area contributed by atoms with Gasteiger partial charge in [0.2, 0.25) is 17.7 Å². The maximum Gasteiger partial charge on any atom is 0.227 e. The van der Waals surface area contributed by atoms with Gasteiger partial charge in [-0.2, -0.15) is 5.26 Å². The molecule has 8 nitrogen and oxygen atoms in total. The summed E-state index contributed by atoms with van der Waals surface area (Å²) in [5.41, 5.74) is 1.67. The molecule has 0 saturated heterocycles. The molecule has 0 aliphatic rings. The molecule has 0 spiro atoms. The summed E-state index contributed by atoms with van der Waals surface area (Å²) in [7, 11) is 1.46. The zero-order valence-corrected chi connectivity index (χ0v) is 17.0. The first kappa shape index (κ1) is 22.4. The van der Waals surface area contributed by atoms with Crippen LogP contribution in [0.25, 0.3) is 0 Å². The van der Waals surface area contributed by atoms with E-state index in [0.717, 1.165) is 0 Å². The number of rotatable bonds is 9. The zero-order chi connectivity index (χ0) is 21.9. The topological polar surface area (TPSA) is 112 Å². The van der Waals surface area contributed by atoms with Crippen LogP contribution in [0.5, 0.6) is 5.75 Å². The van der Waals surface area contributed by atoms with Crippen molar-refractivity contribution in [3.63, 3.8) is 0 Å². The Labute approximate surface area is 175 Å². The molecule has 3 amide bonds. The van der Waals surface area contributed by atoms with Crippen molar-refractivity contribution in [3.05, 3.63) is 48.5 Å². The first-order chi connectivity index (χ1) is 14.4. The Kier molecular flexibility index (Phi) is 8.39. The zero-order valence-electron chi connectivity index (χ0n) is 17.0. The minimum absolute atomic E-state index is 0.00721. The van der Waals surface area contributed by atoms with Gasteiger partial charge in [0.15, 0.2) is 0 Å². The molecule has 2 aromatic rings. The summed E-state index contributed by atoms with van der Waals surface area (Å²) in [6.45, 7) is 1.66. The van der Waals surface area contributed by atoms with Crippen LogP contribution in [0.4, 0.5) is 17.1 Å². The highest BCUT2D eigenvalue weighted by Gasteiger charge is 2.17. The smallest absolute Gasteiger partial charge is 0.227 e. The van der Waals surface area contributed by atoms with Crippen molar-refractivity contribution in [2.45, 2.75) is 26.2 Å². The van der Waals surface area contributed by atoms with Gasteiger partial charge in [0.05, 0.1) is 25.3 Å². The molecular weight excluding hydrogens is 384 g/mol. The quantitative estimate of drug-likeness (QED) is 0.661. The molecule has 0 aliphatic carbocycles. The van der Waals surface area contributed by atoms with Gasteiger partial charge in [-0.05, 0) is 24.3 Å². The minimum atomic E-state index is -0.328. The fraction of sp³-hybridized carbons (Fsp3) is 0.273. The van der Waals surface area contributed by atoms with Crippen LogP contribution in [-0.4, -0.2) is 31.4 Å². The van der Waals surface area contributed by atoms with Crippen molar-refractivity contribution in [1.82, 2.24) is 0 Å². The molecule has 2 aromatic carbocycles. The Morgan fingerprint density at radius 1 is 1.07 bits per heavy atom. The predicted octanol–water partition coefficient (Wildman–Crippen LogP) is 3.32. The lowest BCUT2D eigenvalue weighted by molar-refractivity contribution is -0.122. The van der Waals surface area contributed by atoms with Gasteiger partial charge < -0.3 is 20.3 Å². The number of para-hydroxylation sites is 1. The molecule has 0 bridgehead atoms. The first-order valence-electron chi connectivity index (χ1n) is 9.42. The largest absolute Gasteiger partial charge is 0.494 e. The van der Waals surface area contributed by atoms with Crippen LogP contribution in [0.1, 0.15) is 26.2 Å². The molecular formula is C22H24N4O4. The maximum atomic E-state index is 12.6. The van der Waals surface area contributed by atoms with Crippen LogP contribution in [0.3, 0.4) is 0 Å². The maximum absolute atomic E-state index is 12.6. The Morgan fingerprint density at radius 2 is 1.80 bits per heavy atom. The molecule has 0 saturated carbocycles. The number of benzene rings is 2. The third kappa shape index (κ3) is 6.63. The number of methoxy groups -OCH3 is 1. The van der Waals surface area contributed by atoms with Crippen LogP contribution in [-0.2, 0) is 14.4 Å².